The molecule has 0 fully saturated rings. The molecule has 0 unspecified atom stereocenters. The maximum Gasteiger partial charge on any atom is 0.201 e. The molecule has 0 aliphatic heterocycles. The Balaban J connectivity index is 2.22. The van der Waals surface area contributed by atoms with Crippen LogP contribution < -0.4 is 16.2 Å². The summed E-state index contributed by atoms with van der Waals surface area (Å²) in [5.41, 5.74) is 3.42. The van der Waals surface area contributed by atoms with Gasteiger partial charge in [0, 0.05) is 6.54 Å². The van der Waals surface area contributed by atoms with E-state index < -0.39 is 0 Å². The molecule has 0 aliphatic rings. The van der Waals surface area contributed by atoms with Crippen LogP contribution in [0.5, 0.6) is 0 Å². The standard InChI is InChI=1S/C13H13N3O2S/c1-2-14-13(19)16-15-7-9-8-18-11-6-4-3-5-10(11)12(9)17/h3-8H,2H2,1H3,(H2,14,16,19)/b15-7+. The molecule has 0 bridgehead atoms. The number of hydrogen-bond acceptors (Lipinski definition) is 4. The van der Waals surface area contributed by atoms with Gasteiger partial charge in [-0.1, -0.05) is 12.1 Å². The molecule has 0 saturated heterocycles. The van der Waals surface area contributed by atoms with Crippen molar-refractivity contribution in [1.82, 2.24) is 10.7 Å². The molecule has 0 radical (unpaired) electrons. The Morgan fingerprint density at radius 2 is 2.26 bits per heavy atom. The third-order valence-corrected chi connectivity index (χ3v) is 2.65. The highest BCUT2D eigenvalue weighted by molar-refractivity contribution is 7.80. The average Bonchev–Trinajstić information content (AvgIpc) is 2.42. The Morgan fingerprint density at radius 3 is 3.05 bits per heavy atom. The minimum atomic E-state index is -0.123. The molecule has 0 aliphatic carbocycles. The summed E-state index contributed by atoms with van der Waals surface area (Å²) in [6.45, 7) is 2.63. The summed E-state index contributed by atoms with van der Waals surface area (Å²) in [7, 11) is 0. The molecule has 0 spiro atoms. The van der Waals surface area contributed by atoms with Gasteiger partial charge >= 0.3 is 0 Å². The van der Waals surface area contributed by atoms with Crippen molar-refractivity contribution in [2.45, 2.75) is 6.92 Å². The van der Waals surface area contributed by atoms with Crippen LogP contribution in [0.15, 0.2) is 44.8 Å². The minimum absolute atomic E-state index is 0.123. The summed E-state index contributed by atoms with van der Waals surface area (Å²) in [5.74, 6) is 0. The van der Waals surface area contributed by atoms with E-state index in [4.69, 9.17) is 16.6 Å². The van der Waals surface area contributed by atoms with E-state index >= 15 is 0 Å². The van der Waals surface area contributed by atoms with Crippen LogP contribution in [0.4, 0.5) is 0 Å². The first-order chi connectivity index (χ1) is 9.22. The highest BCUT2D eigenvalue weighted by Crippen LogP contribution is 2.09. The minimum Gasteiger partial charge on any atom is -0.463 e. The largest absolute Gasteiger partial charge is 0.463 e. The smallest absolute Gasteiger partial charge is 0.201 e. The van der Waals surface area contributed by atoms with E-state index in [-0.39, 0.29) is 5.43 Å². The number of fused-ring (bicyclic) bond motifs is 1. The lowest BCUT2D eigenvalue weighted by atomic mass is 10.2. The molecule has 6 heteroatoms. The van der Waals surface area contributed by atoms with Crippen LogP contribution in [0.3, 0.4) is 0 Å². The quantitative estimate of drug-likeness (QED) is 0.506. The summed E-state index contributed by atoms with van der Waals surface area (Å²) < 4.78 is 5.36. The van der Waals surface area contributed by atoms with E-state index in [1.54, 1.807) is 18.2 Å². The van der Waals surface area contributed by atoms with Gasteiger partial charge in [0.15, 0.2) is 5.11 Å². The number of hydrogen-bond donors (Lipinski definition) is 2. The zero-order valence-corrected chi connectivity index (χ0v) is 11.2. The van der Waals surface area contributed by atoms with Gasteiger partial charge in [0.2, 0.25) is 5.43 Å². The molecular weight excluding hydrogens is 262 g/mol. The van der Waals surface area contributed by atoms with Crippen molar-refractivity contribution >= 4 is 34.5 Å². The van der Waals surface area contributed by atoms with Gasteiger partial charge in [0.05, 0.1) is 17.2 Å². The monoisotopic (exact) mass is 275 g/mol. The van der Waals surface area contributed by atoms with Gasteiger partial charge in [-0.25, -0.2) is 0 Å². The van der Waals surface area contributed by atoms with E-state index in [1.807, 2.05) is 13.0 Å². The molecule has 2 rings (SSSR count). The predicted octanol–water partition coefficient (Wildman–Crippen LogP) is 1.61. The van der Waals surface area contributed by atoms with E-state index in [1.165, 1.54) is 12.5 Å². The summed E-state index contributed by atoms with van der Waals surface area (Å²) in [4.78, 5) is 12.1. The second-order valence-electron chi connectivity index (χ2n) is 3.75. The summed E-state index contributed by atoms with van der Waals surface area (Å²) in [6, 6.07) is 7.07. The molecule has 2 aromatic rings. The van der Waals surface area contributed by atoms with Crippen molar-refractivity contribution in [3.63, 3.8) is 0 Å². The van der Waals surface area contributed by atoms with Gasteiger partial charge in [-0.15, -0.1) is 0 Å². The van der Waals surface area contributed by atoms with Crippen LogP contribution in [-0.2, 0) is 0 Å². The van der Waals surface area contributed by atoms with Crippen molar-refractivity contribution in [1.29, 1.82) is 0 Å². The third kappa shape index (κ3) is 3.17. The molecule has 0 saturated carbocycles. The van der Waals surface area contributed by atoms with Crippen LogP contribution >= 0.6 is 12.2 Å². The molecule has 1 heterocycles. The van der Waals surface area contributed by atoms with Crippen LogP contribution in [0, 0.1) is 0 Å². The van der Waals surface area contributed by atoms with Gasteiger partial charge < -0.3 is 9.73 Å². The van der Waals surface area contributed by atoms with E-state index in [9.17, 15) is 4.79 Å². The van der Waals surface area contributed by atoms with Crippen LogP contribution in [0.25, 0.3) is 11.0 Å². The first-order valence-electron chi connectivity index (χ1n) is 5.80. The molecule has 19 heavy (non-hydrogen) atoms. The van der Waals surface area contributed by atoms with Crippen molar-refractivity contribution in [3.8, 4) is 0 Å². The molecule has 5 nitrogen and oxygen atoms in total. The Morgan fingerprint density at radius 1 is 1.47 bits per heavy atom. The molecule has 1 aromatic carbocycles. The molecule has 1 aromatic heterocycles. The second kappa shape index (κ2) is 6.10. The Kier molecular flexibility index (Phi) is 4.25. The molecule has 0 atom stereocenters. The fourth-order valence-corrected chi connectivity index (χ4v) is 1.74. The van der Waals surface area contributed by atoms with Gasteiger partial charge in [0.25, 0.3) is 0 Å². The number of benzene rings is 1. The number of hydrazone groups is 1. The Bertz CT molecular complexity index is 679. The van der Waals surface area contributed by atoms with Crippen molar-refractivity contribution in [2.24, 2.45) is 5.10 Å². The highest BCUT2D eigenvalue weighted by atomic mass is 32.1. The predicted molar refractivity (Wildman–Crippen MR) is 79.5 cm³/mol. The lowest BCUT2D eigenvalue weighted by Crippen LogP contribution is -2.31. The number of nitrogens with one attached hydrogen (secondary N) is 2. The molecule has 0 amide bonds. The fraction of sp³-hybridized carbons (Fsp3) is 0.154. The molecule has 98 valence electrons. The first-order valence-corrected chi connectivity index (χ1v) is 6.20. The normalized spacial score (nSPS) is 10.8. The van der Waals surface area contributed by atoms with E-state index in [2.05, 4.69) is 15.8 Å². The van der Waals surface area contributed by atoms with Crippen LogP contribution in [0.2, 0.25) is 0 Å². The van der Waals surface area contributed by atoms with E-state index in [0.29, 0.717) is 28.2 Å². The lowest BCUT2D eigenvalue weighted by molar-refractivity contribution is 0.601. The van der Waals surface area contributed by atoms with Crippen molar-refractivity contribution < 1.29 is 4.42 Å². The van der Waals surface area contributed by atoms with Crippen LogP contribution in [-0.4, -0.2) is 17.9 Å². The fourth-order valence-electron chi connectivity index (χ4n) is 1.54. The summed E-state index contributed by atoms with van der Waals surface area (Å²) >= 11 is 4.94. The zero-order chi connectivity index (χ0) is 13.7. The van der Waals surface area contributed by atoms with Gasteiger partial charge in [-0.05, 0) is 31.3 Å². The lowest BCUT2D eigenvalue weighted by Gasteiger charge is -2.02. The number of thiocarbonyl (C=S) groups is 1. The number of rotatable bonds is 3. The SMILES string of the molecule is CCNC(=S)N/N=C/c1coc2ccccc2c1=O. The number of nitrogens with zero attached hydrogens (tertiary/aromatic N) is 1. The summed E-state index contributed by atoms with van der Waals surface area (Å²) in [6.07, 6.45) is 2.77. The molecular formula is C13H13N3O2S. The first kappa shape index (κ1) is 13.2. The maximum atomic E-state index is 12.1. The topological polar surface area (TPSA) is 66.6 Å². The summed E-state index contributed by atoms with van der Waals surface area (Å²) in [5, 5.41) is 7.70. The Labute approximate surface area is 115 Å². The Hall–Kier alpha value is -2.21. The third-order valence-electron chi connectivity index (χ3n) is 2.41. The van der Waals surface area contributed by atoms with Crippen molar-refractivity contribution in [3.05, 3.63) is 46.3 Å². The van der Waals surface area contributed by atoms with Gasteiger partial charge in [-0.2, -0.15) is 5.10 Å². The molecule has 2 N–H and O–H groups in total. The maximum absolute atomic E-state index is 12.1. The second-order valence-corrected chi connectivity index (χ2v) is 4.15. The average molecular weight is 275 g/mol. The van der Waals surface area contributed by atoms with Gasteiger partial charge in [0.1, 0.15) is 11.8 Å². The van der Waals surface area contributed by atoms with Gasteiger partial charge in [-0.3, -0.25) is 10.2 Å². The van der Waals surface area contributed by atoms with E-state index in [0.717, 1.165) is 0 Å². The zero-order valence-electron chi connectivity index (χ0n) is 10.3. The van der Waals surface area contributed by atoms with Crippen molar-refractivity contribution in [2.75, 3.05) is 6.54 Å². The highest BCUT2D eigenvalue weighted by Gasteiger charge is 2.03. The van der Waals surface area contributed by atoms with Crippen LogP contribution in [0.1, 0.15) is 12.5 Å². The number of para-hydroxylation sites is 1.